The summed E-state index contributed by atoms with van der Waals surface area (Å²) in [6, 6.07) is 0.395. The van der Waals surface area contributed by atoms with Gasteiger partial charge in [0.2, 0.25) is 5.89 Å². The van der Waals surface area contributed by atoms with Crippen molar-refractivity contribution in [1.82, 2.24) is 15.5 Å². The van der Waals surface area contributed by atoms with Crippen LogP contribution in [-0.4, -0.2) is 40.5 Å². The fraction of sp³-hybridized carbons (Fsp3) is 0.833. The number of rotatable bonds is 5. The SMILES string of the molecule is CNC(Cc1nc(C2CSCCS2)no1)C(C)C. The first-order valence-corrected chi connectivity index (χ1v) is 8.60. The van der Waals surface area contributed by atoms with Gasteiger partial charge in [-0.1, -0.05) is 19.0 Å². The highest BCUT2D eigenvalue weighted by Crippen LogP contribution is 2.35. The van der Waals surface area contributed by atoms with Gasteiger partial charge in [-0.05, 0) is 13.0 Å². The molecule has 1 aromatic heterocycles. The summed E-state index contributed by atoms with van der Waals surface area (Å²) in [5.74, 6) is 5.72. The van der Waals surface area contributed by atoms with Crippen LogP contribution in [0.1, 0.15) is 30.8 Å². The number of hydrogen-bond donors (Lipinski definition) is 1. The maximum atomic E-state index is 5.38. The highest BCUT2D eigenvalue weighted by Gasteiger charge is 2.23. The number of nitrogens with one attached hydrogen (secondary N) is 1. The molecule has 0 radical (unpaired) electrons. The van der Waals surface area contributed by atoms with Crippen LogP contribution >= 0.6 is 23.5 Å². The van der Waals surface area contributed by atoms with Crippen LogP contribution in [0.15, 0.2) is 4.52 Å². The highest BCUT2D eigenvalue weighted by molar-refractivity contribution is 8.06. The smallest absolute Gasteiger partial charge is 0.228 e. The predicted molar refractivity (Wildman–Crippen MR) is 78.2 cm³/mol. The Morgan fingerprint density at radius 3 is 2.89 bits per heavy atom. The van der Waals surface area contributed by atoms with Gasteiger partial charge in [-0.25, -0.2) is 0 Å². The van der Waals surface area contributed by atoms with E-state index in [4.69, 9.17) is 4.52 Å². The summed E-state index contributed by atoms with van der Waals surface area (Å²) >= 11 is 3.91. The van der Waals surface area contributed by atoms with Crippen molar-refractivity contribution >= 4 is 23.5 Å². The molecular weight excluding hydrogens is 266 g/mol. The lowest BCUT2D eigenvalue weighted by atomic mass is 10.0. The number of hydrogen-bond acceptors (Lipinski definition) is 6. The monoisotopic (exact) mass is 287 g/mol. The van der Waals surface area contributed by atoms with E-state index in [1.165, 1.54) is 11.5 Å². The number of aromatic nitrogens is 2. The van der Waals surface area contributed by atoms with E-state index >= 15 is 0 Å². The Bertz CT molecular complexity index is 364. The molecule has 4 nitrogen and oxygen atoms in total. The zero-order valence-electron chi connectivity index (χ0n) is 11.2. The fourth-order valence-electron chi connectivity index (χ4n) is 1.98. The molecule has 2 atom stereocenters. The van der Waals surface area contributed by atoms with E-state index in [-0.39, 0.29) is 0 Å². The minimum atomic E-state index is 0.395. The Hall–Kier alpha value is -0.200. The molecule has 102 valence electrons. The predicted octanol–water partition coefficient (Wildman–Crippen LogP) is 2.38. The minimum Gasteiger partial charge on any atom is -0.339 e. The molecule has 2 rings (SSSR count). The Labute approximate surface area is 117 Å². The minimum absolute atomic E-state index is 0.395. The third-order valence-electron chi connectivity index (χ3n) is 3.16. The molecule has 18 heavy (non-hydrogen) atoms. The summed E-state index contributed by atoms with van der Waals surface area (Å²) < 4.78 is 5.38. The molecule has 1 saturated heterocycles. The van der Waals surface area contributed by atoms with E-state index in [0.29, 0.717) is 17.2 Å². The molecule has 0 aliphatic carbocycles. The molecule has 0 spiro atoms. The van der Waals surface area contributed by atoms with Crippen LogP contribution in [-0.2, 0) is 6.42 Å². The average molecular weight is 287 g/mol. The van der Waals surface area contributed by atoms with Crippen molar-refractivity contribution in [2.24, 2.45) is 5.92 Å². The van der Waals surface area contributed by atoms with Crippen molar-refractivity contribution in [3.8, 4) is 0 Å². The third kappa shape index (κ3) is 3.65. The van der Waals surface area contributed by atoms with Crippen molar-refractivity contribution in [2.75, 3.05) is 24.3 Å². The number of nitrogens with zero attached hydrogens (tertiary/aromatic N) is 2. The Balaban J connectivity index is 1.96. The molecule has 0 saturated carbocycles. The summed E-state index contributed by atoms with van der Waals surface area (Å²) in [7, 11) is 1.98. The first-order chi connectivity index (χ1) is 8.70. The van der Waals surface area contributed by atoms with Crippen LogP contribution in [0, 0.1) is 5.92 Å². The second-order valence-electron chi connectivity index (χ2n) is 4.82. The van der Waals surface area contributed by atoms with Gasteiger partial charge in [-0.3, -0.25) is 0 Å². The zero-order valence-corrected chi connectivity index (χ0v) is 12.8. The van der Waals surface area contributed by atoms with Crippen molar-refractivity contribution < 1.29 is 4.52 Å². The van der Waals surface area contributed by atoms with E-state index in [2.05, 4.69) is 29.3 Å². The summed E-state index contributed by atoms with van der Waals surface area (Å²) in [5, 5.41) is 7.85. The average Bonchev–Trinajstić information content (AvgIpc) is 2.85. The van der Waals surface area contributed by atoms with Gasteiger partial charge in [0.05, 0.1) is 5.25 Å². The Morgan fingerprint density at radius 1 is 1.44 bits per heavy atom. The van der Waals surface area contributed by atoms with Crippen LogP contribution in [0.4, 0.5) is 0 Å². The molecule has 2 unspecified atom stereocenters. The van der Waals surface area contributed by atoms with Gasteiger partial charge in [-0.15, -0.1) is 11.8 Å². The van der Waals surface area contributed by atoms with Crippen molar-refractivity contribution in [1.29, 1.82) is 0 Å². The summed E-state index contributed by atoms with van der Waals surface area (Å²) in [5.41, 5.74) is 0. The quantitative estimate of drug-likeness (QED) is 0.897. The van der Waals surface area contributed by atoms with Gasteiger partial charge in [0.25, 0.3) is 0 Å². The van der Waals surface area contributed by atoms with Gasteiger partial charge < -0.3 is 9.84 Å². The summed E-state index contributed by atoms with van der Waals surface area (Å²) in [6.45, 7) is 4.40. The molecular formula is C12H21N3OS2. The molecule has 1 aliphatic heterocycles. The first kappa shape index (κ1) is 14.2. The molecule has 0 amide bonds. The fourth-order valence-corrected chi connectivity index (χ4v) is 4.57. The normalized spacial score (nSPS) is 22.3. The summed E-state index contributed by atoms with van der Waals surface area (Å²) in [6.07, 6.45) is 0.811. The highest BCUT2D eigenvalue weighted by atomic mass is 32.2. The largest absolute Gasteiger partial charge is 0.339 e. The lowest BCUT2D eigenvalue weighted by molar-refractivity contribution is 0.333. The van der Waals surface area contributed by atoms with Crippen LogP contribution < -0.4 is 5.32 Å². The number of likely N-dealkylation sites (N-methyl/N-ethyl adjacent to an activating group) is 1. The lowest BCUT2D eigenvalue weighted by Crippen LogP contribution is -2.32. The van der Waals surface area contributed by atoms with Crippen LogP contribution in [0.3, 0.4) is 0 Å². The van der Waals surface area contributed by atoms with E-state index in [0.717, 1.165) is 23.9 Å². The van der Waals surface area contributed by atoms with Gasteiger partial charge in [0.1, 0.15) is 0 Å². The van der Waals surface area contributed by atoms with Crippen molar-refractivity contribution in [3.63, 3.8) is 0 Å². The van der Waals surface area contributed by atoms with E-state index in [9.17, 15) is 0 Å². The molecule has 6 heteroatoms. The van der Waals surface area contributed by atoms with Gasteiger partial charge in [-0.2, -0.15) is 16.7 Å². The molecule has 1 fully saturated rings. The number of thioether (sulfide) groups is 2. The topological polar surface area (TPSA) is 51.0 Å². The molecule has 0 aromatic carbocycles. The lowest BCUT2D eigenvalue weighted by Gasteiger charge is -2.18. The van der Waals surface area contributed by atoms with E-state index in [1.54, 1.807) is 0 Å². The second kappa shape index (κ2) is 6.82. The van der Waals surface area contributed by atoms with Crippen LogP contribution in [0.25, 0.3) is 0 Å². The molecule has 1 N–H and O–H groups in total. The van der Waals surface area contributed by atoms with Gasteiger partial charge in [0.15, 0.2) is 5.82 Å². The maximum Gasteiger partial charge on any atom is 0.228 e. The van der Waals surface area contributed by atoms with Gasteiger partial charge >= 0.3 is 0 Å². The Kier molecular flexibility index (Phi) is 5.38. The van der Waals surface area contributed by atoms with Crippen molar-refractivity contribution in [2.45, 2.75) is 31.6 Å². The second-order valence-corrected chi connectivity index (χ2v) is 7.28. The first-order valence-electron chi connectivity index (χ1n) is 6.39. The maximum absolute atomic E-state index is 5.38. The van der Waals surface area contributed by atoms with Crippen molar-refractivity contribution in [3.05, 3.63) is 11.7 Å². The molecule has 2 heterocycles. The summed E-state index contributed by atoms with van der Waals surface area (Å²) in [4.78, 5) is 4.55. The van der Waals surface area contributed by atoms with Crippen LogP contribution in [0.2, 0.25) is 0 Å². The standard InChI is InChI=1S/C12H21N3OS2/c1-8(2)9(13-3)6-11-14-12(15-16-11)10-7-17-4-5-18-10/h8-10,13H,4-7H2,1-3H3. The van der Waals surface area contributed by atoms with Gasteiger partial charge in [0, 0.05) is 29.7 Å². The molecule has 1 aromatic rings. The van der Waals surface area contributed by atoms with E-state index < -0.39 is 0 Å². The third-order valence-corrected chi connectivity index (χ3v) is 5.91. The zero-order chi connectivity index (χ0) is 13.0. The molecule has 1 aliphatic rings. The van der Waals surface area contributed by atoms with E-state index in [1.807, 2.05) is 30.6 Å². The Morgan fingerprint density at radius 2 is 2.28 bits per heavy atom. The molecule has 0 bridgehead atoms. The van der Waals surface area contributed by atoms with Crippen LogP contribution in [0.5, 0.6) is 0 Å².